The summed E-state index contributed by atoms with van der Waals surface area (Å²) >= 11 is 7.01. The van der Waals surface area contributed by atoms with Crippen LogP contribution in [-0.4, -0.2) is 4.36 Å². The van der Waals surface area contributed by atoms with E-state index in [0.717, 1.165) is 0 Å². The standard InChI is InChI=1S/C12H9BBr2/c14-13(15)12-8-4-7-11(9-12)10-5-2-1-3-6-10/h1-9H. The van der Waals surface area contributed by atoms with Crippen LogP contribution in [-0.2, 0) is 0 Å². The molecule has 0 unspecified atom stereocenters. The van der Waals surface area contributed by atoms with E-state index < -0.39 is 0 Å². The van der Waals surface area contributed by atoms with Gasteiger partial charge in [0, 0.05) is 0 Å². The molecule has 0 bridgehead atoms. The van der Waals surface area contributed by atoms with Gasteiger partial charge in [-0.05, 0) is 11.1 Å². The van der Waals surface area contributed by atoms with E-state index in [1.54, 1.807) is 0 Å². The molecule has 0 fully saturated rings. The maximum atomic E-state index is 3.51. The summed E-state index contributed by atoms with van der Waals surface area (Å²) in [4.78, 5) is 0. The van der Waals surface area contributed by atoms with Crippen molar-refractivity contribution in [2.45, 2.75) is 0 Å². The van der Waals surface area contributed by atoms with Crippen molar-refractivity contribution in [2.24, 2.45) is 0 Å². The molecule has 2 aromatic carbocycles. The second-order valence-electron chi connectivity index (χ2n) is 3.29. The summed E-state index contributed by atoms with van der Waals surface area (Å²) < 4.78 is 0.216. The van der Waals surface area contributed by atoms with E-state index in [4.69, 9.17) is 0 Å². The lowest BCUT2D eigenvalue weighted by atomic mass is 9.91. The normalized spacial score (nSPS) is 10.0. The summed E-state index contributed by atoms with van der Waals surface area (Å²) in [6.07, 6.45) is 0. The molecular weight excluding hydrogens is 315 g/mol. The third kappa shape index (κ3) is 2.73. The Labute approximate surface area is 107 Å². The molecule has 2 aromatic rings. The summed E-state index contributed by atoms with van der Waals surface area (Å²) in [6.45, 7) is 0. The first kappa shape index (κ1) is 11.0. The quantitative estimate of drug-likeness (QED) is 0.737. The number of benzene rings is 2. The van der Waals surface area contributed by atoms with Crippen LogP contribution in [0.25, 0.3) is 11.1 Å². The zero-order valence-electron chi connectivity index (χ0n) is 8.03. The molecule has 0 N–H and O–H groups in total. The van der Waals surface area contributed by atoms with Crippen LogP contribution >= 0.6 is 31.5 Å². The van der Waals surface area contributed by atoms with Crippen molar-refractivity contribution in [1.82, 2.24) is 0 Å². The van der Waals surface area contributed by atoms with Crippen molar-refractivity contribution in [3.63, 3.8) is 0 Å². The van der Waals surface area contributed by atoms with Crippen molar-refractivity contribution in [3.05, 3.63) is 54.6 Å². The van der Waals surface area contributed by atoms with Gasteiger partial charge in [0.25, 0.3) is 0 Å². The first-order valence-corrected chi connectivity index (χ1v) is 6.54. The lowest BCUT2D eigenvalue weighted by Crippen LogP contribution is -2.16. The largest absolute Gasteiger partial charge is 0.329 e. The van der Waals surface area contributed by atoms with E-state index in [-0.39, 0.29) is 4.36 Å². The summed E-state index contributed by atoms with van der Waals surface area (Å²) in [5.74, 6) is 0. The SMILES string of the molecule is BrB(Br)c1cccc(-c2ccccc2)c1. The number of hydrogen-bond acceptors (Lipinski definition) is 0. The molecule has 0 amide bonds. The molecule has 15 heavy (non-hydrogen) atoms. The van der Waals surface area contributed by atoms with Crippen molar-refractivity contribution in [3.8, 4) is 11.1 Å². The molecule has 0 spiro atoms. The lowest BCUT2D eigenvalue weighted by molar-refractivity contribution is 1.64. The first-order valence-electron chi connectivity index (χ1n) is 4.71. The first-order chi connectivity index (χ1) is 7.27. The van der Waals surface area contributed by atoms with Gasteiger partial charge >= 0.3 is 4.36 Å². The highest BCUT2D eigenvalue weighted by atomic mass is 79.9. The maximum Gasteiger partial charge on any atom is 0.329 e. The lowest BCUT2D eigenvalue weighted by Gasteiger charge is -2.04. The van der Waals surface area contributed by atoms with Gasteiger partial charge in [-0.3, -0.25) is 0 Å². The van der Waals surface area contributed by atoms with Gasteiger partial charge < -0.3 is 0 Å². The van der Waals surface area contributed by atoms with E-state index in [1.807, 2.05) is 6.07 Å². The molecule has 0 radical (unpaired) electrons. The predicted molar refractivity (Wildman–Crippen MR) is 75.1 cm³/mol. The number of rotatable bonds is 2. The zero-order valence-corrected chi connectivity index (χ0v) is 11.2. The van der Waals surface area contributed by atoms with Gasteiger partial charge in [0.2, 0.25) is 0 Å². The van der Waals surface area contributed by atoms with Gasteiger partial charge in [0.05, 0.1) is 0 Å². The van der Waals surface area contributed by atoms with Crippen LogP contribution in [0.15, 0.2) is 54.6 Å². The minimum atomic E-state index is 0.216. The van der Waals surface area contributed by atoms with Crippen LogP contribution in [0, 0.1) is 0 Å². The van der Waals surface area contributed by atoms with E-state index >= 15 is 0 Å². The van der Waals surface area contributed by atoms with Crippen molar-refractivity contribution < 1.29 is 0 Å². The van der Waals surface area contributed by atoms with Gasteiger partial charge in [0.1, 0.15) is 0 Å². The molecule has 0 aliphatic carbocycles. The van der Waals surface area contributed by atoms with Gasteiger partial charge in [0.15, 0.2) is 0 Å². The Balaban J connectivity index is 2.42. The number of halogens is 2. The Kier molecular flexibility index (Phi) is 3.65. The summed E-state index contributed by atoms with van der Waals surface area (Å²) in [5, 5.41) is 0. The average molecular weight is 324 g/mol. The zero-order chi connectivity index (χ0) is 10.7. The third-order valence-electron chi connectivity index (χ3n) is 2.25. The van der Waals surface area contributed by atoms with E-state index in [1.165, 1.54) is 16.6 Å². The molecule has 2 rings (SSSR count). The van der Waals surface area contributed by atoms with Crippen LogP contribution in [0.4, 0.5) is 0 Å². The Morgan fingerprint density at radius 1 is 0.733 bits per heavy atom. The molecule has 0 aromatic heterocycles. The van der Waals surface area contributed by atoms with Crippen LogP contribution in [0.1, 0.15) is 0 Å². The molecule has 0 heterocycles. The highest BCUT2D eigenvalue weighted by Crippen LogP contribution is 2.18. The van der Waals surface area contributed by atoms with Gasteiger partial charge in [-0.15, -0.1) is 31.5 Å². The average Bonchev–Trinajstić information content (AvgIpc) is 2.30. The molecule has 74 valence electrons. The Hall–Kier alpha value is -0.535. The van der Waals surface area contributed by atoms with Crippen LogP contribution in [0.2, 0.25) is 0 Å². The molecule has 0 nitrogen and oxygen atoms in total. The fourth-order valence-corrected chi connectivity index (χ4v) is 2.05. The fraction of sp³-hybridized carbons (Fsp3) is 0. The molecular formula is C12H9BBr2. The Morgan fingerprint density at radius 2 is 1.40 bits per heavy atom. The highest BCUT2D eigenvalue weighted by Gasteiger charge is 2.08. The molecule has 0 aliphatic heterocycles. The molecule has 0 atom stereocenters. The van der Waals surface area contributed by atoms with Gasteiger partial charge in [-0.25, -0.2) is 0 Å². The highest BCUT2D eigenvalue weighted by molar-refractivity contribution is 9.49. The summed E-state index contributed by atoms with van der Waals surface area (Å²) in [7, 11) is 0. The smallest absolute Gasteiger partial charge is 0.132 e. The molecule has 0 saturated carbocycles. The van der Waals surface area contributed by atoms with Crippen molar-refractivity contribution >= 4 is 41.3 Å². The minimum Gasteiger partial charge on any atom is -0.132 e. The predicted octanol–water partition coefficient (Wildman–Crippen LogP) is 3.84. The van der Waals surface area contributed by atoms with E-state index in [0.29, 0.717) is 0 Å². The summed E-state index contributed by atoms with van der Waals surface area (Å²) in [6, 6.07) is 18.9. The maximum absolute atomic E-state index is 3.51. The van der Waals surface area contributed by atoms with Crippen molar-refractivity contribution in [2.75, 3.05) is 0 Å². The second kappa shape index (κ2) is 5.00. The van der Waals surface area contributed by atoms with Crippen LogP contribution in [0.3, 0.4) is 0 Å². The monoisotopic (exact) mass is 322 g/mol. The number of hydrogen-bond donors (Lipinski definition) is 0. The van der Waals surface area contributed by atoms with Gasteiger partial charge in [-0.1, -0.05) is 60.1 Å². The summed E-state index contributed by atoms with van der Waals surface area (Å²) in [5.41, 5.74) is 3.73. The Bertz CT molecular complexity index is 440. The van der Waals surface area contributed by atoms with Crippen LogP contribution in [0.5, 0.6) is 0 Å². The van der Waals surface area contributed by atoms with Gasteiger partial charge in [-0.2, -0.15) is 0 Å². The van der Waals surface area contributed by atoms with E-state index in [9.17, 15) is 0 Å². The molecule has 0 saturated heterocycles. The third-order valence-corrected chi connectivity index (χ3v) is 3.30. The molecule has 0 aliphatic rings. The topological polar surface area (TPSA) is 0 Å². The van der Waals surface area contributed by atoms with Crippen molar-refractivity contribution in [1.29, 1.82) is 0 Å². The minimum absolute atomic E-state index is 0.216. The van der Waals surface area contributed by atoms with E-state index in [2.05, 4.69) is 80.0 Å². The Morgan fingerprint density at radius 3 is 2.07 bits per heavy atom. The molecule has 3 heteroatoms. The second-order valence-corrected chi connectivity index (χ2v) is 6.35. The fourth-order valence-electron chi connectivity index (χ4n) is 1.48. The van der Waals surface area contributed by atoms with Crippen LogP contribution < -0.4 is 5.46 Å².